The molecule has 0 bridgehead atoms. The third kappa shape index (κ3) is 4.44. The zero-order chi connectivity index (χ0) is 19.2. The van der Waals surface area contributed by atoms with Gasteiger partial charge in [-0.3, -0.25) is 9.79 Å². The van der Waals surface area contributed by atoms with Crippen LogP contribution in [0.5, 0.6) is 0 Å². The Kier molecular flexibility index (Phi) is 6.05. The third-order valence-corrected chi connectivity index (χ3v) is 4.53. The molecule has 1 aliphatic rings. The van der Waals surface area contributed by atoms with Gasteiger partial charge in [0, 0.05) is 72.1 Å². The Balaban J connectivity index is 1.51. The molecule has 1 aliphatic heterocycles. The molecule has 1 fully saturated rings. The van der Waals surface area contributed by atoms with Crippen molar-refractivity contribution in [2.24, 2.45) is 12.0 Å². The minimum atomic E-state index is -0.0694. The van der Waals surface area contributed by atoms with E-state index in [9.17, 15) is 4.79 Å². The van der Waals surface area contributed by atoms with Crippen molar-refractivity contribution in [2.75, 3.05) is 44.7 Å². The maximum Gasteiger partial charge on any atom is 0.293 e. The summed E-state index contributed by atoms with van der Waals surface area (Å²) in [6.45, 7) is 5.63. The van der Waals surface area contributed by atoms with Gasteiger partial charge in [-0.15, -0.1) is 0 Å². The number of hydrogen-bond donors (Lipinski definition) is 1. The predicted molar refractivity (Wildman–Crippen MR) is 102 cm³/mol. The van der Waals surface area contributed by atoms with E-state index in [2.05, 4.69) is 30.3 Å². The van der Waals surface area contributed by atoms with Gasteiger partial charge in [0.05, 0.1) is 0 Å². The van der Waals surface area contributed by atoms with Crippen molar-refractivity contribution in [3.8, 4) is 0 Å². The fourth-order valence-electron chi connectivity index (χ4n) is 2.99. The molecule has 0 unspecified atom stereocenters. The van der Waals surface area contributed by atoms with Gasteiger partial charge in [-0.1, -0.05) is 12.1 Å². The molecule has 3 rings (SSSR count). The van der Waals surface area contributed by atoms with Crippen LogP contribution in [0, 0.1) is 0 Å². The van der Waals surface area contributed by atoms with E-state index in [4.69, 9.17) is 4.52 Å². The Morgan fingerprint density at radius 1 is 1.33 bits per heavy atom. The minimum Gasteiger partial charge on any atom is -0.356 e. The molecule has 0 saturated carbocycles. The molecule has 0 aromatic carbocycles. The van der Waals surface area contributed by atoms with Crippen molar-refractivity contribution in [3.05, 3.63) is 34.5 Å². The Labute approximate surface area is 157 Å². The summed E-state index contributed by atoms with van der Waals surface area (Å²) in [5, 5.41) is 7.30. The third-order valence-electron chi connectivity index (χ3n) is 4.53. The fraction of sp³-hybridized carbons (Fsp3) is 0.588. The maximum atomic E-state index is 12.2. The van der Waals surface area contributed by atoms with E-state index in [1.54, 1.807) is 31.1 Å². The highest BCUT2D eigenvalue weighted by atomic mass is 16.5. The second-order valence-corrected chi connectivity index (χ2v) is 6.32. The first-order valence-electron chi connectivity index (χ1n) is 9.16. The van der Waals surface area contributed by atoms with Crippen LogP contribution in [0.15, 0.2) is 26.7 Å². The van der Waals surface area contributed by atoms with Gasteiger partial charge < -0.3 is 24.2 Å². The van der Waals surface area contributed by atoms with E-state index in [1.807, 2.05) is 11.8 Å². The van der Waals surface area contributed by atoms with Crippen molar-refractivity contribution < 1.29 is 4.52 Å². The van der Waals surface area contributed by atoms with E-state index >= 15 is 0 Å². The largest absolute Gasteiger partial charge is 0.356 e. The number of piperazine rings is 1. The summed E-state index contributed by atoms with van der Waals surface area (Å²) in [7, 11) is 3.51. The van der Waals surface area contributed by atoms with Crippen LogP contribution in [0.4, 0.5) is 5.82 Å². The molecule has 146 valence electrons. The summed E-state index contributed by atoms with van der Waals surface area (Å²) in [6.07, 6.45) is 4.74. The van der Waals surface area contributed by atoms with Gasteiger partial charge in [0.1, 0.15) is 0 Å². The zero-order valence-corrected chi connectivity index (χ0v) is 16.1. The maximum absolute atomic E-state index is 12.2. The van der Waals surface area contributed by atoms with Gasteiger partial charge in [0.2, 0.25) is 5.89 Å². The van der Waals surface area contributed by atoms with E-state index in [0.29, 0.717) is 30.5 Å². The number of anilines is 1. The Morgan fingerprint density at radius 3 is 2.78 bits per heavy atom. The predicted octanol–water partition coefficient (Wildman–Crippen LogP) is -0.334. The highest BCUT2D eigenvalue weighted by Crippen LogP contribution is 2.09. The van der Waals surface area contributed by atoms with Crippen LogP contribution in [0.1, 0.15) is 18.6 Å². The van der Waals surface area contributed by atoms with Crippen LogP contribution in [0.25, 0.3) is 0 Å². The lowest BCUT2D eigenvalue weighted by molar-refractivity contribution is 0.369. The molecular formula is C17H26N8O2. The number of aryl methyl sites for hydroxylation is 2. The van der Waals surface area contributed by atoms with Crippen LogP contribution in [0.2, 0.25) is 0 Å². The van der Waals surface area contributed by atoms with Gasteiger partial charge in [-0.25, -0.2) is 4.98 Å². The number of hydrogen-bond acceptors (Lipinski definition) is 7. The number of rotatable bonds is 5. The number of aromatic nitrogens is 4. The van der Waals surface area contributed by atoms with E-state index in [1.165, 1.54) is 0 Å². The average Bonchev–Trinajstić information content (AvgIpc) is 3.16. The van der Waals surface area contributed by atoms with Gasteiger partial charge in [-0.2, -0.15) is 4.98 Å². The zero-order valence-electron chi connectivity index (χ0n) is 16.1. The second-order valence-electron chi connectivity index (χ2n) is 6.32. The monoisotopic (exact) mass is 374 g/mol. The topological polar surface area (TPSA) is 105 Å². The average molecular weight is 374 g/mol. The van der Waals surface area contributed by atoms with E-state index in [0.717, 1.165) is 38.6 Å². The first-order chi connectivity index (χ1) is 13.1. The Hall–Kier alpha value is -2.91. The lowest BCUT2D eigenvalue weighted by Gasteiger charge is -2.36. The molecule has 10 nitrogen and oxygen atoms in total. The number of nitrogens with one attached hydrogen (secondary N) is 1. The summed E-state index contributed by atoms with van der Waals surface area (Å²) in [5.41, 5.74) is -0.0694. The molecule has 2 aromatic heterocycles. The summed E-state index contributed by atoms with van der Waals surface area (Å²) in [6, 6.07) is 0. The first-order valence-corrected chi connectivity index (χ1v) is 9.16. The number of guanidine groups is 1. The lowest BCUT2D eigenvalue weighted by Crippen LogP contribution is -2.53. The van der Waals surface area contributed by atoms with Gasteiger partial charge in [0.15, 0.2) is 17.6 Å². The van der Waals surface area contributed by atoms with Gasteiger partial charge in [0.25, 0.3) is 5.56 Å². The van der Waals surface area contributed by atoms with Crippen LogP contribution in [-0.2, 0) is 19.9 Å². The fourth-order valence-corrected chi connectivity index (χ4v) is 2.99. The quantitative estimate of drug-likeness (QED) is 0.560. The van der Waals surface area contributed by atoms with Crippen molar-refractivity contribution >= 4 is 11.8 Å². The van der Waals surface area contributed by atoms with Crippen molar-refractivity contribution in [1.82, 2.24) is 29.9 Å². The second kappa shape index (κ2) is 8.65. The molecule has 0 amide bonds. The Bertz CT molecular complexity index is 835. The standard InChI is InChI=1S/C17H26N8O2/c1-4-14-21-13(22-27-14)5-6-20-17(18-2)25-11-9-24(10-12-25)15-16(26)23(3)8-7-19-15/h7-8H,4-6,9-12H2,1-3H3,(H,18,20). The van der Waals surface area contributed by atoms with Crippen molar-refractivity contribution in [3.63, 3.8) is 0 Å². The smallest absolute Gasteiger partial charge is 0.293 e. The molecule has 27 heavy (non-hydrogen) atoms. The number of aliphatic imine (C=N–C) groups is 1. The molecule has 0 atom stereocenters. The molecule has 10 heteroatoms. The summed E-state index contributed by atoms with van der Waals surface area (Å²) in [5.74, 6) is 2.70. The van der Waals surface area contributed by atoms with Crippen molar-refractivity contribution in [2.45, 2.75) is 19.8 Å². The van der Waals surface area contributed by atoms with Crippen LogP contribution in [-0.4, -0.2) is 70.3 Å². The molecule has 2 aromatic rings. The summed E-state index contributed by atoms with van der Waals surface area (Å²) >= 11 is 0. The molecular weight excluding hydrogens is 348 g/mol. The van der Waals surface area contributed by atoms with Crippen molar-refractivity contribution in [1.29, 1.82) is 0 Å². The molecule has 0 radical (unpaired) electrons. The Morgan fingerprint density at radius 2 is 2.11 bits per heavy atom. The van der Waals surface area contributed by atoms with Gasteiger partial charge >= 0.3 is 0 Å². The van der Waals surface area contributed by atoms with E-state index in [-0.39, 0.29) is 5.56 Å². The SMILES string of the molecule is CCc1nc(CCNC(=NC)N2CCN(c3nccn(C)c3=O)CC2)no1. The van der Waals surface area contributed by atoms with E-state index < -0.39 is 0 Å². The highest BCUT2D eigenvalue weighted by molar-refractivity contribution is 5.80. The van der Waals surface area contributed by atoms with Crippen LogP contribution >= 0.6 is 0 Å². The number of nitrogens with zero attached hydrogens (tertiary/aromatic N) is 7. The van der Waals surface area contributed by atoms with Crippen LogP contribution < -0.4 is 15.8 Å². The molecule has 3 heterocycles. The first kappa shape index (κ1) is 18.9. The molecule has 1 N–H and O–H groups in total. The van der Waals surface area contributed by atoms with Gasteiger partial charge in [-0.05, 0) is 0 Å². The minimum absolute atomic E-state index is 0.0694. The summed E-state index contributed by atoms with van der Waals surface area (Å²) in [4.78, 5) is 29.4. The lowest BCUT2D eigenvalue weighted by atomic mass is 10.3. The van der Waals surface area contributed by atoms with Crippen LogP contribution in [0.3, 0.4) is 0 Å². The molecule has 0 spiro atoms. The molecule has 0 aliphatic carbocycles. The molecule has 1 saturated heterocycles. The summed E-state index contributed by atoms with van der Waals surface area (Å²) < 4.78 is 6.67. The normalized spacial score (nSPS) is 15.3. The highest BCUT2D eigenvalue weighted by Gasteiger charge is 2.22.